The van der Waals surface area contributed by atoms with Crippen molar-refractivity contribution in [3.63, 3.8) is 0 Å². The van der Waals surface area contributed by atoms with Crippen molar-refractivity contribution in [2.45, 2.75) is 18.3 Å². The Bertz CT molecular complexity index is 806. The molecule has 0 radical (unpaired) electrons. The van der Waals surface area contributed by atoms with Gasteiger partial charge in [-0.3, -0.25) is 4.79 Å². The summed E-state index contributed by atoms with van der Waals surface area (Å²) in [5.41, 5.74) is -1.56. The van der Waals surface area contributed by atoms with Crippen LogP contribution in [-0.4, -0.2) is 18.6 Å². The van der Waals surface area contributed by atoms with Gasteiger partial charge in [0.05, 0.1) is 23.8 Å². The minimum absolute atomic E-state index is 0.0153. The predicted molar refractivity (Wildman–Crippen MR) is 77.7 cm³/mol. The molecule has 0 aliphatic carbocycles. The first-order valence-corrected chi connectivity index (χ1v) is 7.31. The molecular weight excluding hydrogens is 345 g/mol. The molecule has 3 nitrogen and oxygen atoms in total. The largest absolute Gasteiger partial charge is 0.417 e. The summed E-state index contributed by atoms with van der Waals surface area (Å²) in [6.07, 6.45) is -5.56. The molecule has 1 aliphatic heterocycles. The summed E-state index contributed by atoms with van der Waals surface area (Å²) < 4.78 is 70.9. The first kappa shape index (κ1) is 17.3. The zero-order valence-electron chi connectivity index (χ0n) is 12.6. The van der Waals surface area contributed by atoms with Gasteiger partial charge in [-0.2, -0.15) is 13.2 Å². The van der Waals surface area contributed by atoms with Crippen molar-refractivity contribution in [1.82, 2.24) is 5.32 Å². The molecule has 3 rings (SSSR count). The second-order valence-corrected chi connectivity index (χ2v) is 5.54. The number of nitrogens with one attached hydrogen (secondary N) is 1. The Labute approximate surface area is 139 Å². The molecule has 8 heteroatoms. The number of alkyl halides is 3. The summed E-state index contributed by atoms with van der Waals surface area (Å²) in [6, 6.07) is 6.55. The molecule has 2 aromatic rings. The Kier molecular flexibility index (Phi) is 4.47. The lowest BCUT2D eigenvalue weighted by Gasteiger charge is -2.37. The Morgan fingerprint density at radius 3 is 2.44 bits per heavy atom. The van der Waals surface area contributed by atoms with E-state index < -0.39 is 47.0 Å². The molecule has 0 aromatic heterocycles. The molecule has 1 N–H and O–H groups in total. The number of halogens is 5. The van der Waals surface area contributed by atoms with Crippen LogP contribution in [0.4, 0.5) is 22.0 Å². The van der Waals surface area contributed by atoms with Gasteiger partial charge in [0, 0.05) is 11.6 Å². The molecule has 0 spiro atoms. The Morgan fingerprint density at radius 2 is 1.84 bits per heavy atom. The van der Waals surface area contributed by atoms with Crippen LogP contribution in [-0.2, 0) is 10.9 Å². The highest BCUT2D eigenvalue weighted by molar-refractivity contribution is 5.96. The average molecular weight is 357 g/mol. The molecule has 1 saturated heterocycles. The number of rotatable bonds is 3. The molecule has 1 fully saturated rings. The molecule has 2 aromatic carbocycles. The molecule has 0 bridgehead atoms. The van der Waals surface area contributed by atoms with E-state index in [0.717, 1.165) is 18.2 Å². The lowest BCUT2D eigenvalue weighted by Crippen LogP contribution is -2.51. The third-order valence-corrected chi connectivity index (χ3v) is 3.88. The van der Waals surface area contributed by atoms with Crippen LogP contribution in [0.15, 0.2) is 42.5 Å². The number of benzene rings is 2. The van der Waals surface area contributed by atoms with Gasteiger partial charge in [-0.1, -0.05) is 18.2 Å². The smallest absolute Gasteiger partial charge is 0.369 e. The van der Waals surface area contributed by atoms with E-state index in [-0.39, 0.29) is 12.2 Å². The van der Waals surface area contributed by atoms with E-state index in [1.807, 2.05) is 0 Å². The number of amides is 1. The fourth-order valence-corrected chi connectivity index (χ4v) is 2.62. The highest BCUT2D eigenvalue weighted by Gasteiger charge is 2.39. The Morgan fingerprint density at radius 1 is 1.12 bits per heavy atom. The second kappa shape index (κ2) is 6.44. The summed E-state index contributed by atoms with van der Waals surface area (Å²) in [6.45, 7) is 0.0153. The summed E-state index contributed by atoms with van der Waals surface area (Å²) in [5, 5.41) is 2.41. The van der Waals surface area contributed by atoms with Gasteiger partial charge in [0.15, 0.2) is 0 Å². The first-order valence-electron chi connectivity index (χ1n) is 7.31. The van der Waals surface area contributed by atoms with Crippen molar-refractivity contribution in [3.8, 4) is 0 Å². The molecule has 1 heterocycles. The van der Waals surface area contributed by atoms with Crippen LogP contribution < -0.4 is 5.32 Å². The third-order valence-electron chi connectivity index (χ3n) is 3.88. The van der Waals surface area contributed by atoms with Crippen molar-refractivity contribution in [3.05, 3.63) is 70.8 Å². The highest BCUT2D eigenvalue weighted by atomic mass is 19.4. The molecule has 0 saturated carbocycles. The molecule has 0 unspecified atom stereocenters. The number of hydrogen-bond donors (Lipinski definition) is 1. The van der Waals surface area contributed by atoms with Crippen LogP contribution in [0.25, 0.3) is 0 Å². The minimum atomic E-state index is -4.67. The topological polar surface area (TPSA) is 38.3 Å². The zero-order chi connectivity index (χ0) is 18.2. The van der Waals surface area contributed by atoms with E-state index in [4.69, 9.17) is 4.74 Å². The van der Waals surface area contributed by atoms with E-state index in [2.05, 4.69) is 5.32 Å². The van der Waals surface area contributed by atoms with Gasteiger partial charge in [0.1, 0.15) is 17.7 Å². The van der Waals surface area contributed by atoms with Gasteiger partial charge in [-0.25, -0.2) is 8.78 Å². The maximum absolute atomic E-state index is 13.8. The summed E-state index contributed by atoms with van der Waals surface area (Å²) in [4.78, 5) is 12.2. The van der Waals surface area contributed by atoms with E-state index >= 15 is 0 Å². The summed E-state index contributed by atoms with van der Waals surface area (Å²) in [7, 11) is 0. The van der Waals surface area contributed by atoms with Crippen LogP contribution in [0.2, 0.25) is 0 Å². The van der Waals surface area contributed by atoms with E-state index in [0.29, 0.717) is 6.07 Å². The van der Waals surface area contributed by atoms with Crippen molar-refractivity contribution in [2.24, 2.45) is 0 Å². The van der Waals surface area contributed by atoms with Gasteiger partial charge in [0.2, 0.25) is 0 Å². The summed E-state index contributed by atoms with van der Waals surface area (Å²) in [5.74, 6) is -2.55. The van der Waals surface area contributed by atoms with Gasteiger partial charge in [-0.05, 0) is 18.2 Å². The van der Waals surface area contributed by atoms with Gasteiger partial charge >= 0.3 is 6.18 Å². The lowest BCUT2D eigenvalue weighted by atomic mass is 9.96. The number of carbonyl (C=O) groups is 1. The van der Waals surface area contributed by atoms with E-state index in [1.165, 1.54) is 18.2 Å². The third kappa shape index (κ3) is 3.48. The quantitative estimate of drug-likeness (QED) is 0.848. The molecule has 1 amide bonds. The van der Waals surface area contributed by atoms with Gasteiger partial charge in [-0.15, -0.1) is 0 Å². The average Bonchev–Trinajstić information content (AvgIpc) is 2.53. The van der Waals surface area contributed by atoms with Crippen LogP contribution in [0.5, 0.6) is 0 Å². The molecule has 25 heavy (non-hydrogen) atoms. The number of ether oxygens (including phenoxy) is 1. The normalized spacial score (nSPS) is 20.0. The fraction of sp³-hybridized carbons (Fsp3) is 0.235. The van der Waals surface area contributed by atoms with Crippen molar-refractivity contribution < 1.29 is 31.5 Å². The molecule has 2 atom stereocenters. The predicted octanol–water partition coefficient (Wildman–Crippen LogP) is 3.85. The van der Waals surface area contributed by atoms with Crippen LogP contribution >= 0.6 is 0 Å². The number of carbonyl (C=O) groups excluding carboxylic acids is 1. The van der Waals surface area contributed by atoms with Crippen LogP contribution in [0, 0.1) is 11.6 Å². The molecule has 1 aliphatic rings. The Balaban J connectivity index is 1.78. The number of hydrogen-bond acceptors (Lipinski definition) is 2. The monoisotopic (exact) mass is 357 g/mol. The van der Waals surface area contributed by atoms with Gasteiger partial charge in [0.25, 0.3) is 5.91 Å². The second-order valence-electron chi connectivity index (χ2n) is 5.54. The van der Waals surface area contributed by atoms with Gasteiger partial charge < -0.3 is 10.1 Å². The van der Waals surface area contributed by atoms with Crippen LogP contribution in [0.1, 0.15) is 27.6 Å². The van der Waals surface area contributed by atoms with Crippen LogP contribution in [0.3, 0.4) is 0 Å². The molecular formula is C17H12F5NO2. The van der Waals surface area contributed by atoms with Crippen molar-refractivity contribution in [2.75, 3.05) is 6.61 Å². The lowest BCUT2D eigenvalue weighted by molar-refractivity contribution is -0.138. The molecule has 132 valence electrons. The first-order chi connectivity index (χ1) is 11.8. The highest BCUT2D eigenvalue weighted by Crippen LogP contribution is 2.34. The summed E-state index contributed by atoms with van der Waals surface area (Å²) >= 11 is 0. The minimum Gasteiger partial charge on any atom is -0.369 e. The standard InChI is InChI=1S/C17H12F5NO2/c18-9-5-6-11(13(19)7-9)15-14(8-25-15)23-16(24)10-3-1-2-4-12(10)17(20,21)22/h1-7,14-15H,8H2,(H,23,24)/t14-,15-/m0/s1. The van der Waals surface area contributed by atoms with E-state index in [1.54, 1.807) is 0 Å². The SMILES string of the molecule is O=C(N[C@H]1CO[C@H]1c1ccc(F)cc1F)c1ccccc1C(F)(F)F. The Hall–Kier alpha value is -2.48. The maximum Gasteiger partial charge on any atom is 0.417 e. The fourth-order valence-electron chi connectivity index (χ4n) is 2.62. The van der Waals surface area contributed by atoms with Crippen molar-refractivity contribution >= 4 is 5.91 Å². The van der Waals surface area contributed by atoms with E-state index in [9.17, 15) is 26.7 Å². The zero-order valence-corrected chi connectivity index (χ0v) is 12.6. The maximum atomic E-state index is 13.8. The van der Waals surface area contributed by atoms with Crippen molar-refractivity contribution in [1.29, 1.82) is 0 Å².